The highest BCUT2D eigenvalue weighted by Gasteiger charge is 2.34. The standard InChI is InChI=1S/C30H34N4O3S/c1-21-9-11-23(12-10-21)34-26(22-7-6-8-24(17-22)37-5)20-38-29(34)25(19-31)28(36)33-15-13-32(14-16-33)27(35)18-30(2,3)4/h6-12,17,20H,13-16,18H2,1-5H3. The molecule has 0 atom stereocenters. The summed E-state index contributed by atoms with van der Waals surface area (Å²) in [6.07, 6.45) is 0.468. The van der Waals surface area contributed by atoms with Crippen molar-refractivity contribution >= 4 is 35.0 Å². The van der Waals surface area contributed by atoms with E-state index >= 15 is 0 Å². The van der Waals surface area contributed by atoms with Gasteiger partial charge in [0.2, 0.25) is 5.91 Å². The van der Waals surface area contributed by atoms with Crippen molar-refractivity contribution in [3.63, 3.8) is 0 Å². The Bertz CT molecular complexity index is 1310. The quantitative estimate of drug-likeness (QED) is 0.381. The molecule has 38 heavy (non-hydrogen) atoms. The van der Waals surface area contributed by atoms with Crippen LogP contribution < -0.4 is 9.64 Å². The van der Waals surface area contributed by atoms with E-state index in [9.17, 15) is 14.9 Å². The Morgan fingerprint density at radius 2 is 1.68 bits per heavy atom. The lowest BCUT2D eigenvalue weighted by Crippen LogP contribution is -2.51. The summed E-state index contributed by atoms with van der Waals surface area (Å²) in [7, 11) is 1.63. The highest BCUT2D eigenvalue weighted by molar-refractivity contribution is 8.06. The number of nitriles is 1. The van der Waals surface area contributed by atoms with Gasteiger partial charge in [0.1, 0.15) is 22.4 Å². The molecule has 1 fully saturated rings. The summed E-state index contributed by atoms with van der Waals surface area (Å²) in [5.74, 6) is 0.521. The molecule has 0 aliphatic carbocycles. The fraction of sp³-hybridized carbons (Fsp3) is 0.367. The minimum atomic E-state index is -0.310. The first-order chi connectivity index (χ1) is 18.1. The average molecular weight is 531 g/mol. The number of methoxy groups -OCH3 is 1. The van der Waals surface area contributed by atoms with Gasteiger partial charge in [0.05, 0.1) is 12.8 Å². The molecular formula is C30H34N4O3S. The Morgan fingerprint density at radius 3 is 2.29 bits per heavy atom. The first-order valence-electron chi connectivity index (χ1n) is 12.7. The smallest absolute Gasteiger partial charge is 0.267 e. The second-order valence-corrected chi connectivity index (χ2v) is 11.6. The Morgan fingerprint density at radius 1 is 1.03 bits per heavy atom. The number of benzene rings is 2. The molecule has 0 unspecified atom stereocenters. The van der Waals surface area contributed by atoms with E-state index < -0.39 is 0 Å². The van der Waals surface area contributed by atoms with Crippen LogP contribution in [-0.4, -0.2) is 54.9 Å². The Kier molecular flexibility index (Phi) is 8.17. The van der Waals surface area contributed by atoms with Crippen molar-refractivity contribution in [3.05, 3.63) is 75.7 Å². The van der Waals surface area contributed by atoms with Gasteiger partial charge in [0, 0.05) is 49.3 Å². The number of rotatable bonds is 5. The number of aryl methyl sites for hydroxylation is 1. The second kappa shape index (κ2) is 11.4. The lowest BCUT2D eigenvalue weighted by molar-refractivity contribution is -0.138. The third-order valence-corrected chi connectivity index (χ3v) is 7.48. The summed E-state index contributed by atoms with van der Waals surface area (Å²) in [4.78, 5) is 31.8. The first kappa shape index (κ1) is 27.3. The van der Waals surface area contributed by atoms with Crippen LogP contribution in [0.5, 0.6) is 5.75 Å². The highest BCUT2D eigenvalue weighted by Crippen LogP contribution is 2.45. The monoisotopic (exact) mass is 530 g/mol. The summed E-state index contributed by atoms with van der Waals surface area (Å²) in [6.45, 7) is 9.90. The van der Waals surface area contributed by atoms with Gasteiger partial charge in [-0.25, -0.2) is 0 Å². The molecule has 2 heterocycles. The molecule has 7 nitrogen and oxygen atoms in total. The van der Waals surface area contributed by atoms with Crippen molar-refractivity contribution in [2.75, 3.05) is 38.2 Å². The molecule has 2 aromatic carbocycles. The van der Waals surface area contributed by atoms with E-state index in [0.717, 1.165) is 28.3 Å². The number of hydrogen-bond acceptors (Lipinski definition) is 6. The third kappa shape index (κ3) is 6.05. The van der Waals surface area contributed by atoms with Crippen molar-refractivity contribution in [2.45, 2.75) is 34.1 Å². The largest absolute Gasteiger partial charge is 0.497 e. The first-order valence-corrected chi connectivity index (χ1v) is 13.6. The van der Waals surface area contributed by atoms with Crippen molar-refractivity contribution in [2.24, 2.45) is 5.41 Å². The van der Waals surface area contributed by atoms with Gasteiger partial charge in [0.25, 0.3) is 5.91 Å². The number of carbonyl (C=O) groups excluding carboxylic acids is 2. The molecule has 198 valence electrons. The summed E-state index contributed by atoms with van der Waals surface area (Å²) in [5, 5.41) is 12.7. The van der Waals surface area contributed by atoms with Gasteiger partial charge < -0.3 is 19.4 Å². The molecule has 0 aromatic heterocycles. The number of thioether (sulfide) groups is 1. The summed E-state index contributed by atoms with van der Waals surface area (Å²) in [5.41, 5.74) is 3.78. The Hall–Kier alpha value is -3.70. The zero-order valence-corrected chi connectivity index (χ0v) is 23.5. The molecule has 0 saturated carbocycles. The topological polar surface area (TPSA) is 76.9 Å². The molecule has 0 radical (unpaired) electrons. The molecule has 2 amide bonds. The van der Waals surface area contributed by atoms with Crippen LogP contribution in [0.4, 0.5) is 5.69 Å². The van der Waals surface area contributed by atoms with E-state index in [1.54, 1.807) is 12.0 Å². The molecular weight excluding hydrogens is 496 g/mol. The van der Waals surface area contributed by atoms with E-state index in [2.05, 4.69) is 6.07 Å². The van der Waals surface area contributed by atoms with Crippen molar-refractivity contribution < 1.29 is 14.3 Å². The maximum Gasteiger partial charge on any atom is 0.267 e. The SMILES string of the molecule is COc1cccc(C2=CSC(=C(C#N)C(=O)N3CCN(C(=O)CC(C)(C)C)CC3)N2c2ccc(C)cc2)c1. The number of carbonyl (C=O) groups is 2. The molecule has 2 aliphatic rings. The molecule has 2 aromatic rings. The molecule has 1 saturated heterocycles. The van der Waals surface area contributed by atoms with Gasteiger partial charge >= 0.3 is 0 Å². The van der Waals surface area contributed by atoms with Gasteiger partial charge in [0.15, 0.2) is 0 Å². The van der Waals surface area contributed by atoms with Gasteiger partial charge in [-0.15, -0.1) is 0 Å². The Labute approximate surface area is 229 Å². The van der Waals surface area contributed by atoms with E-state index in [-0.39, 0.29) is 22.8 Å². The maximum atomic E-state index is 13.7. The van der Waals surface area contributed by atoms with Crippen LogP contribution in [0.3, 0.4) is 0 Å². The predicted octanol–water partition coefficient (Wildman–Crippen LogP) is 5.40. The number of anilines is 1. The zero-order chi connectivity index (χ0) is 27.4. The lowest BCUT2D eigenvalue weighted by atomic mass is 9.91. The normalized spacial score (nSPS) is 17.2. The van der Waals surface area contributed by atoms with E-state index in [0.29, 0.717) is 37.6 Å². The lowest BCUT2D eigenvalue weighted by Gasteiger charge is -2.36. The number of amides is 2. The maximum absolute atomic E-state index is 13.7. The van der Waals surface area contributed by atoms with Crippen molar-refractivity contribution in [3.8, 4) is 11.8 Å². The predicted molar refractivity (Wildman–Crippen MR) is 152 cm³/mol. The molecule has 0 N–H and O–H groups in total. The van der Waals surface area contributed by atoms with Gasteiger partial charge in [-0.3, -0.25) is 9.59 Å². The minimum Gasteiger partial charge on any atom is -0.497 e. The number of ether oxygens (including phenoxy) is 1. The van der Waals surface area contributed by atoms with Crippen LogP contribution in [0.2, 0.25) is 0 Å². The number of hydrogen-bond donors (Lipinski definition) is 0. The molecule has 8 heteroatoms. The molecule has 0 bridgehead atoms. The fourth-order valence-corrected chi connectivity index (χ4v) is 5.52. The minimum absolute atomic E-state index is 0.0882. The van der Waals surface area contributed by atoms with Crippen LogP contribution in [0.1, 0.15) is 38.3 Å². The van der Waals surface area contributed by atoms with Crippen molar-refractivity contribution in [1.29, 1.82) is 5.26 Å². The van der Waals surface area contributed by atoms with Crippen molar-refractivity contribution in [1.82, 2.24) is 9.80 Å². The number of piperazine rings is 1. The second-order valence-electron chi connectivity index (χ2n) is 10.7. The van der Waals surface area contributed by atoms with Crippen LogP contribution in [0.15, 0.2) is 64.5 Å². The fourth-order valence-electron chi connectivity index (χ4n) is 4.50. The van der Waals surface area contributed by atoms with Gasteiger partial charge in [-0.2, -0.15) is 5.26 Å². The third-order valence-electron chi connectivity index (χ3n) is 6.52. The van der Waals surface area contributed by atoms with Gasteiger partial charge in [-0.1, -0.05) is 62.4 Å². The van der Waals surface area contributed by atoms with E-state index in [1.165, 1.54) is 11.8 Å². The van der Waals surface area contributed by atoms with Crippen LogP contribution >= 0.6 is 11.8 Å². The van der Waals surface area contributed by atoms with Crippen LogP contribution in [0.25, 0.3) is 5.70 Å². The summed E-state index contributed by atoms with van der Waals surface area (Å²) < 4.78 is 5.43. The number of nitrogens with zero attached hydrogens (tertiary/aromatic N) is 4. The van der Waals surface area contributed by atoms with Crippen LogP contribution in [-0.2, 0) is 9.59 Å². The summed E-state index contributed by atoms with van der Waals surface area (Å²) in [6, 6.07) is 18.0. The molecule has 4 rings (SSSR count). The van der Waals surface area contributed by atoms with E-state index in [1.807, 2.05) is 91.4 Å². The highest BCUT2D eigenvalue weighted by atomic mass is 32.2. The van der Waals surface area contributed by atoms with Crippen LogP contribution in [0, 0.1) is 23.7 Å². The zero-order valence-electron chi connectivity index (χ0n) is 22.7. The Balaban J connectivity index is 1.62. The van der Waals surface area contributed by atoms with Gasteiger partial charge in [-0.05, 0) is 36.6 Å². The molecule has 2 aliphatic heterocycles. The molecule has 0 spiro atoms. The van der Waals surface area contributed by atoms with E-state index in [4.69, 9.17) is 4.74 Å². The average Bonchev–Trinajstić information content (AvgIpc) is 3.33. The summed E-state index contributed by atoms with van der Waals surface area (Å²) >= 11 is 1.37.